The molecule has 0 N–H and O–H groups in total. The van der Waals surface area contributed by atoms with Gasteiger partial charge in [-0.3, -0.25) is 4.90 Å². The van der Waals surface area contributed by atoms with E-state index < -0.39 is 8.32 Å². The van der Waals surface area contributed by atoms with Gasteiger partial charge < -0.3 is 4.43 Å². The molecule has 1 aliphatic carbocycles. The standard InChI is InChI=1S/C22H47NOSi/c1-10-13-15-22(23(11-2)12-3)17-21(22)14-16-24-25(18(4)5,19(6)7)20(8)9/h18-21H,10-17H2,1-9H3/t21-,22-/m1/s1. The van der Waals surface area contributed by atoms with Crippen LogP contribution < -0.4 is 0 Å². The quantitative estimate of drug-likeness (QED) is 0.329. The van der Waals surface area contributed by atoms with Gasteiger partial charge in [0.15, 0.2) is 8.32 Å². The van der Waals surface area contributed by atoms with E-state index in [9.17, 15) is 0 Å². The molecule has 0 aromatic heterocycles. The second-order valence-electron chi connectivity index (χ2n) is 9.24. The molecule has 0 heterocycles. The number of hydrogen-bond acceptors (Lipinski definition) is 2. The maximum atomic E-state index is 6.83. The highest BCUT2D eigenvalue weighted by atomic mass is 28.4. The molecule has 0 aromatic carbocycles. The molecule has 0 aromatic rings. The van der Waals surface area contributed by atoms with Crippen molar-refractivity contribution in [2.75, 3.05) is 19.7 Å². The van der Waals surface area contributed by atoms with Crippen molar-refractivity contribution in [1.82, 2.24) is 4.90 Å². The molecule has 1 rings (SSSR count). The highest BCUT2D eigenvalue weighted by Gasteiger charge is 2.56. The van der Waals surface area contributed by atoms with Crippen LogP contribution in [0, 0.1) is 5.92 Å². The van der Waals surface area contributed by atoms with Crippen LogP contribution in [0.1, 0.15) is 94.4 Å². The SMILES string of the molecule is CCCC[C@@]1(N(CC)CC)C[C@H]1CCO[Si](C(C)C)(C(C)C)C(C)C. The third kappa shape index (κ3) is 4.90. The predicted molar refractivity (Wildman–Crippen MR) is 115 cm³/mol. The van der Waals surface area contributed by atoms with Crippen molar-refractivity contribution in [3.05, 3.63) is 0 Å². The minimum atomic E-state index is -1.70. The zero-order valence-electron chi connectivity index (χ0n) is 18.8. The zero-order chi connectivity index (χ0) is 19.3. The first kappa shape index (κ1) is 23.2. The van der Waals surface area contributed by atoms with Crippen LogP contribution in [0.3, 0.4) is 0 Å². The summed E-state index contributed by atoms with van der Waals surface area (Å²) in [6, 6.07) is 0. The van der Waals surface area contributed by atoms with E-state index >= 15 is 0 Å². The van der Waals surface area contributed by atoms with Gasteiger partial charge in [-0.25, -0.2) is 0 Å². The summed E-state index contributed by atoms with van der Waals surface area (Å²) in [5, 5.41) is 0. The largest absolute Gasteiger partial charge is 0.416 e. The Morgan fingerprint density at radius 1 is 0.960 bits per heavy atom. The van der Waals surface area contributed by atoms with E-state index in [0.29, 0.717) is 22.2 Å². The molecule has 2 nitrogen and oxygen atoms in total. The normalized spacial score (nSPS) is 24.1. The fourth-order valence-corrected chi connectivity index (χ4v) is 11.3. The monoisotopic (exact) mass is 369 g/mol. The van der Waals surface area contributed by atoms with Crippen molar-refractivity contribution < 1.29 is 4.43 Å². The van der Waals surface area contributed by atoms with Crippen molar-refractivity contribution in [2.45, 2.75) is 117 Å². The smallest absolute Gasteiger partial charge is 0.200 e. The van der Waals surface area contributed by atoms with E-state index in [1.165, 1.54) is 45.2 Å². The molecule has 0 unspecified atom stereocenters. The topological polar surface area (TPSA) is 12.5 Å². The van der Waals surface area contributed by atoms with Crippen molar-refractivity contribution >= 4 is 8.32 Å². The molecule has 150 valence electrons. The van der Waals surface area contributed by atoms with Gasteiger partial charge >= 0.3 is 0 Å². The lowest BCUT2D eigenvalue weighted by molar-refractivity contribution is 0.156. The van der Waals surface area contributed by atoms with Crippen molar-refractivity contribution in [2.24, 2.45) is 5.92 Å². The predicted octanol–water partition coefficient (Wildman–Crippen LogP) is 6.86. The van der Waals surface area contributed by atoms with Crippen LogP contribution in [0.4, 0.5) is 0 Å². The van der Waals surface area contributed by atoms with Crippen LogP contribution in [0.15, 0.2) is 0 Å². The Labute approximate surface area is 160 Å². The minimum Gasteiger partial charge on any atom is -0.416 e. The zero-order valence-corrected chi connectivity index (χ0v) is 19.8. The van der Waals surface area contributed by atoms with Gasteiger partial charge in [-0.15, -0.1) is 0 Å². The van der Waals surface area contributed by atoms with Gasteiger partial charge in [-0.2, -0.15) is 0 Å². The van der Waals surface area contributed by atoms with Gasteiger partial charge in [0.2, 0.25) is 0 Å². The van der Waals surface area contributed by atoms with Crippen molar-refractivity contribution in [3.63, 3.8) is 0 Å². The Balaban J connectivity index is 2.71. The van der Waals surface area contributed by atoms with Gasteiger partial charge in [0.1, 0.15) is 0 Å². The van der Waals surface area contributed by atoms with Gasteiger partial charge in [0.05, 0.1) is 0 Å². The van der Waals surface area contributed by atoms with E-state index in [0.717, 1.165) is 12.5 Å². The fourth-order valence-electron chi connectivity index (χ4n) is 5.80. The van der Waals surface area contributed by atoms with Crippen LogP contribution >= 0.6 is 0 Å². The summed E-state index contributed by atoms with van der Waals surface area (Å²) in [5.74, 6) is 0.858. The first-order chi connectivity index (χ1) is 11.7. The van der Waals surface area contributed by atoms with Crippen molar-refractivity contribution in [3.8, 4) is 0 Å². The van der Waals surface area contributed by atoms with Crippen LogP contribution in [-0.4, -0.2) is 38.5 Å². The summed E-state index contributed by atoms with van der Waals surface area (Å²) in [4.78, 5) is 2.74. The molecular weight excluding hydrogens is 322 g/mol. The maximum absolute atomic E-state index is 6.83. The fraction of sp³-hybridized carbons (Fsp3) is 1.00. The molecule has 0 aliphatic heterocycles. The number of nitrogens with zero attached hydrogens (tertiary/aromatic N) is 1. The van der Waals surface area contributed by atoms with Crippen LogP contribution in [0.25, 0.3) is 0 Å². The van der Waals surface area contributed by atoms with Crippen LogP contribution in [0.2, 0.25) is 16.6 Å². The van der Waals surface area contributed by atoms with Crippen molar-refractivity contribution in [1.29, 1.82) is 0 Å². The molecule has 1 aliphatic rings. The Morgan fingerprint density at radius 2 is 1.48 bits per heavy atom. The molecule has 0 bridgehead atoms. The van der Waals surface area contributed by atoms with E-state index in [1.807, 2.05) is 0 Å². The Hall–Kier alpha value is 0.137. The lowest BCUT2D eigenvalue weighted by Crippen LogP contribution is -2.48. The lowest BCUT2D eigenvalue weighted by atomic mass is 10.0. The number of unbranched alkanes of at least 4 members (excludes halogenated alkanes) is 1. The average Bonchev–Trinajstić information content (AvgIpc) is 3.23. The van der Waals surface area contributed by atoms with E-state index in [1.54, 1.807) is 0 Å². The second kappa shape index (κ2) is 9.89. The summed E-state index contributed by atoms with van der Waals surface area (Å²) < 4.78 is 6.83. The highest BCUT2D eigenvalue weighted by molar-refractivity contribution is 6.77. The van der Waals surface area contributed by atoms with Crippen LogP contribution in [0.5, 0.6) is 0 Å². The summed E-state index contributed by atoms with van der Waals surface area (Å²) in [5.41, 5.74) is 2.58. The molecule has 25 heavy (non-hydrogen) atoms. The van der Waals surface area contributed by atoms with Gasteiger partial charge in [-0.1, -0.05) is 75.2 Å². The molecule has 2 atom stereocenters. The highest BCUT2D eigenvalue weighted by Crippen LogP contribution is 2.54. The molecule has 1 fully saturated rings. The summed E-state index contributed by atoms with van der Waals surface area (Å²) >= 11 is 0. The molecule has 0 amide bonds. The minimum absolute atomic E-state index is 0.501. The molecule has 0 saturated heterocycles. The molecule has 0 radical (unpaired) electrons. The number of rotatable bonds is 13. The third-order valence-electron chi connectivity index (χ3n) is 7.08. The number of hydrogen-bond donors (Lipinski definition) is 0. The van der Waals surface area contributed by atoms with Crippen LogP contribution in [-0.2, 0) is 4.43 Å². The van der Waals surface area contributed by atoms with Gasteiger partial charge in [0, 0.05) is 12.1 Å². The molecule has 3 heteroatoms. The molecular formula is C22H47NOSi. The Morgan fingerprint density at radius 3 is 1.88 bits per heavy atom. The van der Waals surface area contributed by atoms with E-state index in [2.05, 4.69) is 67.2 Å². The van der Waals surface area contributed by atoms with E-state index in [-0.39, 0.29) is 0 Å². The second-order valence-corrected chi connectivity index (χ2v) is 14.7. The molecule has 1 saturated carbocycles. The first-order valence-electron chi connectivity index (χ1n) is 11.1. The first-order valence-corrected chi connectivity index (χ1v) is 13.3. The maximum Gasteiger partial charge on any atom is 0.200 e. The molecule has 0 spiro atoms. The Kier molecular flexibility index (Phi) is 9.17. The van der Waals surface area contributed by atoms with Gasteiger partial charge in [0.25, 0.3) is 0 Å². The summed E-state index contributed by atoms with van der Waals surface area (Å²) in [6.45, 7) is 24.7. The summed E-state index contributed by atoms with van der Waals surface area (Å²) in [6.07, 6.45) is 6.74. The third-order valence-corrected chi connectivity index (χ3v) is 13.2. The average molecular weight is 370 g/mol. The van der Waals surface area contributed by atoms with Gasteiger partial charge in [-0.05, 0) is 54.9 Å². The Bertz CT molecular complexity index is 356. The summed E-state index contributed by atoms with van der Waals surface area (Å²) in [7, 11) is -1.70. The van der Waals surface area contributed by atoms with E-state index in [4.69, 9.17) is 4.43 Å². The lowest BCUT2D eigenvalue weighted by Gasteiger charge is -2.42.